The minimum absolute atomic E-state index is 0.0812. The van der Waals surface area contributed by atoms with Gasteiger partial charge in [-0.1, -0.05) is 190 Å². The third kappa shape index (κ3) is 5.48. The molecular formula is C58H44N2. The minimum atomic E-state index is -0.536. The van der Waals surface area contributed by atoms with Crippen molar-refractivity contribution >= 4 is 38.9 Å². The van der Waals surface area contributed by atoms with Crippen LogP contribution in [0.3, 0.4) is 0 Å². The Kier molecular flexibility index (Phi) is 8.42. The molecule has 0 fully saturated rings. The first-order valence-electron chi connectivity index (χ1n) is 20.9. The highest BCUT2D eigenvalue weighted by Gasteiger charge is 2.39. The van der Waals surface area contributed by atoms with E-state index in [4.69, 9.17) is 0 Å². The van der Waals surface area contributed by atoms with Crippen molar-refractivity contribution in [2.45, 2.75) is 24.7 Å². The van der Waals surface area contributed by atoms with Gasteiger partial charge < -0.3 is 9.47 Å². The van der Waals surface area contributed by atoms with Crippen molar-refractivity contribution in [1.82, 2.24) is 4.57 Å². The predicted octanol–water partition coefficient (Wildman–Crippen LogP) is 14.9. The molecule has 0 atom stereocenters. The number of para-hydroxylation sites is 2. The maximum absolute atomic E-state index is 2.44. The smallest absolute Gasteiger partial charge is 0.0701 e. The summed E-state index contributed by atoms with van der Waals surface area (Å²) in [6.45, 7) is 4.70. The van der Waals surface area contributed by atoms with Gasteiger partial charge in [-0.2, -0.15) is 0 Å². The molecule has 1 aliphatic rings. The second-order valence-electron chi connectivity index (χ2n) is 16.5. The average Bonchev–Trinajstić information content (AvgIpc) is 3.76. The van der Waals surface area contributed by atoms with Crippen LogP contribution in [0.4, 0.5) is 17.1 Å². The summed E-state index contributed by atoms with van der Waals surface area (Å²) >= 11 is 0. The van der Waals surface area contributed by atoms with E-state index in [1.165, 1.54) is 66.3 Å². The fourth-order valence-corrected chi connectivity index (χ4v) is 10.2. The van der Waals surface area contributed by atoms with Gasteiger partial charge in [-0.25, -0.2) is 0 Å². The molecule has 10 aromatic rings. The van der Waals surface area contributed by atoms with Crippen molar-refractivity contribution in [2.24, 2.45) is 0 Å². The SMILES string of the molecule is CC1(C)c2ccccc2-c2cc(N(c3ccc(C(c4ccccc4)(c4ccccc4)c4ccccc4)cc3)c3ccc4c5ccccc5n(-c5ccccc5)c4c3)ccc21. The Morgan fingerprint density at radius 2 is 0.833 bits per heavy atom. The van der Waals surface area contributed by atoms with Gasteiger partial charge in [-0.15, -0.1) is 0 Å². The minimum Gasteiger partial charge on any atom is -0.310 e. The molecule has 0 N–H and O–H groups in total. The summed E-state index contributed by atoms with van der Waals surface area (Å²) in [6.07, 6.45) is 0. The van der Waals surface area contributed by atoms with Crippen molar-refractivity contribution in [3.63, 3.8) is 0 Å². The number of rotatable bonds is 8. The first kappa shape index (κ1) is 35.7. The molecule has 11 rings (SSSR count). The third-order valence-corrected chi connectivity index (χ3v) is 12.9. The van der Waals surface area contributed by atoms with Crippen LogP contribution in [0, 0.1) is 0 Å². The number of hydrogen-bond acceptors (Lipinski definition) is 1. The largest absolute Gasteiger partial charge is 0.310 e. The molecule has 0 amide bonds. The molecule has 1 aromatic heterocycles. The lowest BCUT2D eigenvalue weighted by Crippen LogP contribution is -2.31. The summed E-state index contributed by atoms with van der Waals surface area (Å²) in [5, 5.41) is 2.48. The van der Waals surface area contributed by atoms with Crippen LogP contribution in [-0.2, 0) is 10.8 Å². The van der Waals surface area contributed by atoms with E-state index in [0.717, 1.165) is 22.7 Å². The van der Waals surface area contributed by atoms with Crippen molar-refractivity contribution < 1.29 is 0 Å². The van der Waals surface area contributed by atoms with E-state index in [1.807, 2.05) is 0 Å². The normalized spacial score (nSPS) is 13.0. The van der Waals surface area contributed by atoms with Crippen LogP contribution in [0.15, 0.2) is 231 Å². The van der Waals surface area contributed by atoms with Gasteiger partial charge in [0.15, 0.2) is 0 Å². The van der Waals surface area contributed by atoms with Crippen LogP contribution in [-0.4, -0.2) is 4.57 Å². The average molecular weight is 769 g/mol. The van der Waals surface area contributed by atoms with Crippen LogP contribution in [0.5, 0.6) is 0 Å². The molecule has 0 saturated heterocycles. The molecule has 0 radical (unpaired) electrons. The summed E-state index contributed by atoms with van der Waals surface area (Å²) in [7, 11) is 0. The van der Waals surface area contributed by atoms with E-state index in [1.54, 1.807) is 0 Å². The highest BCUT2D eigenvalue weighted by molar-refractivity contribution is 6.10. The second kappa shape index (κ2) is 14.1. The van der Waals surface area contributed by atoms with Gasteiger partial charge in [0.1, 0.15) is 0 Å². The topological polar surface area (TPSA) is 8.17 Å². The van der Waals surface area contributed by atoms with E-state index in [2.05, 4.69) is 254 Å². The summed E-state index contributed by atoms with van der Waals surface area (Å²) in [5.41, 5.74) is 16.4. The van der Waals surface area contributed by atoms with Crippen LogP contribution < -0.4 is 4.90 Å². The third-order valence-electron chi connectivity index (χ3n) is 12.9. The Bertz CT molecular complexity index is 3050. The summed E-state index contributed by atoms with van der Waals surface area (Å²) in [4.78, 5) is 2.44. The summed E-state index contributed by atoms with van der Waals surface area (Å²) in [6, 6.07) is 84.7. The molecule has 0 bridgehead atoms. The van der Waals surface area contributed by atoms with Crippen LogP contribution in [0.2, 0.25) is 0 Å². The lowest BCUT2D eigenvalue weighted by molar-refractivity contribution is 0.660. The van der Waals surface area contributed by atoms with Gasteiger partial charge in [0, 0.05) is 38.9 Å². The molecule has 2 heteroatoms. The van der Waals surface area contributed by atoms with Crippen molar-refractivity contribution in [3.8, 4) is 16.8 Å². The molecule has 60 heavy (non-hydrogen) atoms. The molecule has 2 nitrogen and oxygen atoms in total. The van der Waals surface area contributed by atoms with E-state index in [0.29, 0.717) is 0 Å². The zero-order valence-electron chi connectivity index (χ0n) is 33.8. The summed E-state index contributed by atoms with van der Waals surface area (Å²) in [5.74, 6) is 0. The van der Waals surface area contributed by atoms with E-state index >= 15 is 0 Å². The maximum atomic E-state index is 2.44. The molecule has 0 saturated carbocycles. The standard InChI is InChI=1S/C58H44N2/c1-57(2)53-29-17-15-27-49(53)52-39-47(36-38-54(52)57)59(48-35-37-51-50-28-16-18-30-55(50)60(56(51)40-48)45-25-13-6-14-26-45)46-33-31-44(32-34-46)58(41-19-7-3-8-20-41,42-21-9-4-10-22-42)43-23-11-5-12-24-43/h3-40H,1-2H3. The fourth-order valence-electron chi connectivity index (χ4n) is 10.2. The van der Waals surface area contributed by atoms with Gasteiger partial charge in [0.05, 0.1) is 16.4 Å². The van der Waals surface area contributed by atoms with Gasteiger partial charge in [0.2, 0.25) is 0 Å². The highest BCUT2D eigenvalue weighted by Crippen LogP contribution is 2.51. The molecule has 0 spiro atoms. The van der Waals surface area contributed by atoms with Gasteiger partial charge in [0.25, 0.3) is 0 Å². The summed E-state index contributed by atoms with van der Waals surface area (Å²) < 4.78 is 2.41. The Labute approximate surface area is 352 Å². The van der Waals surface area contributed by atoms with E-state index in [-0.39, 0.29) is 5.41 Å². The predicted molar refractivity (Wildman–Crippen MR) is 251 cm³/mol. The zero-order chi connectivity index (χ0) is 40.3. The Morgan fingerprint density at radius 3 is 1.48 bits per heavy atom. The van der Waals surface area contributed by atoms with Crippen LogP contribution >= 0.6 is 0 Å². The molecule has 0 unspecified atom stereocenters. The molecule has 0 aliphatic heterocycles. The number of fused-ring (bicyclic) bond motifs is 6. The van der Waals surface area contributed by atoms with Gasteiger partial charge in [-0.3, -0.25) is 0 Å². The van der Waals surface area contributed by atoms with Gasteiger partial charge in [-0.05, 0) is 99.1 Å². The quantitative estimate of drug-likeness (QED) is 0.140. The number of hydrogen-bond donors (Lipinski definition) is 0. The Morgan fingerprint density at radius 1 is 0.367 bits per heavy atom. The number of nitrogens with zero attached hydrogens (tertiary/aromatic N) is 2. The molecule has 1 aliphatic carbocycles. The van der Waals surface area contributed by atoms with Crippen molar-refractivity contribution in [2.75, 3.05) is 4.90 Å². The Balaban J connectivity index is 1.15. The number of anilines is 3. The first-order valence-corrected chi connectivity index (χ1v) is 20.9. The zero-order valence-corrected chi connectivity index (χ0v) is 33.8. The lowest BCUT2D eigenvalue weighted by atomic mass is 9.65. The highest BCUT2D eigenvalue weighted by atomic mass is 15.1. The Hall–Kier alpha value is -7.42. The monoisotopic (exact) mass is 768 g/mol. The molecule has 1 heterocycles. The number of aromatic nitrogens is 1. The maximum Gasteiger partial charge on any atom is 0.0701 e. The fraction of sp³-hybridized carbons (Fsp3) is 0.0690. The number of benzene rings is 9. The first-order chi connectivity index (χ1) is 29.5. The molecule has 286 valence electrons. The van der Waals surface area contributed by atoms with Gasteiger partial charge >= 0.3 is 0 Å². The molecule has 9 aromatic carbocycles. The van der Waals surface area contributed by atoms with Crippen molar-refractivity contribution in [1.29, 1.82) is 0 Å². The van der Waals surface area contributed by atoms with Crippen molar-refractivity contribution in [3.05, 3.63) is 264 Å². The lowest BCUT2D eigenvalue weighted by Gasteiger charge is -2.37. The molecular weight excluding hydrogens is 725 g/mol. The van der Waals surface area contributed by atoms with Crippen LogP contribution in [0.25, 0.3) is 38.6 Å². The van der Waals surface area contributed by atoms with Crippen LogP contribution in [0.1, 0.15) is 47.2 Å². The second-order valence-corrected chi connectivity index (χ2v) is 16.5. The van der Waals surface area contributed by atoms with E-state index < -0.39 is 5.41 Å². The van der Waals surface area contributed by atoms with E-state index in [9.17, 15) is 0 Å².